The van der Waals surface area contributed by atoms with E-state index in [0.717, 1.165) is 27.8 Å². The summed E-state index contributed by atoms with van der Waals surface area (Å²) in [6.45, 7) is 0.468. The van der Waals surface area contributed by atoms with Gasteiger partial charge in [0.1, 0.15) is 0 Å². The quantitative estimate of drug-likeness (QED) is 0.685. The Balaban J connectivity index is 2.06. The molecule has 1 aromatic heterocycles. The third kappa shape index (κ3) is 3.33. The smallest absolute Gasteiger partial charge is 0.319 e. The van der Waals surface area contributed by atoms with Crippen LogP contribution in [0.2, 0.25) is 0 Å². The third-order valence-corrected chi connectivity index (χ3v) is 4.97. The number of ether oxygens (including phenoxy) is 2. The van der Waals surface area contributed by atoms with E-state index in [4.69, 9.17) is 9.47 Å². The highest BCUT2D eigenvalue weighted by Crippen LogP contribution is 2.39. The lowest BCUT2D eigenvalue weighted by Crippen LogP contribution is -2.34. The summed E-state index contributed by atoms with van der Waals surface area (Å²) in [4.78, 5) is 23.1. The van der Waals surface area contributed by atoms with Gasteiger partial charge in [-0.15, -0.1) is 0 Å². The number of nitrogens with zero attached hydrogens (tertiary/aromatic N) is 3. The van der Waals surface area contributed by atoms with Crippen molar-refractivity contribution in [2.75, 3.05) is 27.8 Å². The van der Waals surface area contributed by atoms with Crippen LogP contribution in [0.25, 0.3) is 11.1 Å². The first kappa shape index (κ1) is 18.7. The van der Waals surface area contributed by atoms with Crippen molar-refractivity contribution in [2.24, 2.45) is 0 Å². The van der Waals surface area contributed by atoms with Crippen molar-refractivity contribution in [3.05, 3.63) is 83.0 Å². The van der Waals surface area contributed by atoms with E-state index in [1.165, 1.54) is 7.11 Å². The fourth-order valence-corrected chi connectivity index (χ4v) is 3.62. The highest BCUT2D eigenvalue weighted by Gasteiger charge is 2.29. The van der Waals surface area contributed by atoms with Gasteiger partial charge in [0, 0.05) is 30.9 Å². The van der Waals surface area contributed by atoms with Crippen LogP contribution in [0.4, 0.5) is 0 Å². The van der Waals surface area contributed by atoms with Gasteiger partial charge in [0.15, 0.2) is 0 Å². The average molecular weight is 387 g/mol. The van der Waals surface area contributed by atoms with Crippen molar-refractivity contribution in [3.8, 4) is 11.9 Å². The van der Waals surface area contributed by atoms with Gasteiger partial charge < -0.3 is 14.4 Å². The van der Waals surface area contributed by atoms with E-state index in [0.29, 0.717) is 18.0 Å². The normalized spacial score (nSPS) is 15.0. The molecule has 0 spiro atoms. The standard InChI is InChI=1S/C23H21N3O3/c1-26-14-19(16-11-7-8-12-17(16)22(26)27)20(15-9-5-4-6-10-15)18-13-24-23(29-3)25-21(18)28-2/h4-13H,14H2,1-3H3/b20-19+. The zero-order valence-electron chi connectivity index (χ0n) is 16.5. The molecule has 6 heteroatoms. The predicted molar refractivity (Wildman–Crippen MR) is 111 cm³/mol. The van der Waals surface area contributed by atoms with Gasteiger partial charge in [-0.05, 0) is 22.8 Å². The van der Waals surface area contributed by atoms with Crippen LogP contribution in [0.1, 0.15) is 27.0 Å². The molecule has 0 bridgehead atoms. The van der Waals surface area contributed by atoms with Crippen LogP contribution in [-0.4, -0.2) is 48.6 Å². The van der Waals surface area contributed by atoms with Crippen LogP contribution >= 0.6 is 0 Å². The summed E-state index contributed by atoms with van der Waals surface area (Å²) in [5, 5.41) is 0. The number of carbonyl (C=O) groups excluding carboxylic acids is 1. The molecule has 146 valence electrons. The van der Waals surface area contributed by atoms with E-state index >= 15 is 0 Å². The molecular weight excluding hydrogens is 366 g/mol. The number of hydrogen-bond acceptors (Lipinski definition) is 5. The van der Waals surface area contributed by atoms with Crippen LogP contribution in [-0.2, 0) is 0 Å². The van der Waals surface area contributed by atoms with Crippen molar-refractivity contribution in [1.82, 2.24) is 14.9 Å². The molecule has 0 saturated carbocycles. The van der Waals surface area contributed by atoms with Gasteiger partial charge in [0.2, 0.25) is 5.88 Å². The topological polar surface area (TPSA) is 64.5 Å². The van der Waals surface area contributed by atoms with Crippen molar-refractivity contribution < 1.29 is 14.3 Å². The summed E-state index contributed by atoms with van der Waals surface area (Å²) in [6, 6.07) is 17.9. The Morgan fingerprint density at radius 2 is 1.66 bits per heavy atom. The summed E-state index contributed by atoms with van der Waals surface area (Å²) in [5.41, 5.74) is 5.27. The first-order valence-electron chi connectivity index (χ1n) is 9.23. The second kappa shape index (κ2) is 7.75. The molecule has 0 unspecified atom stereocenters. The van der Waals surface area contributed by atoms with Gasteiger partial charge in [-0.3, -0.25) is 4.79 Å². The monoisotopic (exact) mass is 387 g/mol. The maximum Gasteiger partial charge on any atom is 0.319 e. The SMILES string of the molecule is COc1ncc(/C(=C2\CN(C)C(=O)c3ccccc32)c2ccccc2)c(OC)n1. The Labute approximate surface area is 169 Å². The van der Waals surface area contributed by atoms with E-state index in [9.17, 15) is 4.79 Å². The number of fused-ring (bicyclic) bond motifs is 1. The molecule has 2 heterocycles. The number of methoxy groups -OCH3 is 2. The zero-order valence-corrected chi connectivity index (χ0v) is 16.5. The first-order chi connectivity index (χ1) is 14.1. The second-order valence-corrected chi connectivity index (χ2v) is 6.71. The summed E-state index contributed by atoms with van der Waals surface area (Å²) in [5.74, 6) is 0.426. The van der Waals surface area contributed by atoms with E-state index in [2.05, 4.69) is 9.97 Å². The van der Waals surface area contributed by atoms with Crippen molar-refractivity contribution in [2.45, 2.75) is 0 Å². The molecule has 0 aliphatic carbocycles. The molecule has 3 aromatic rings. The molecular formula is C23H21N3O3. The van der Waals surface area contributed by atoms with E-state index in [1.807, 2.05) is 61.6 Å². The number of aromatic nitrogens is 2. The minimum Gasteiger partial charge on any atom is -0.480 e. The van der Waals surface area contributed by atoms with Crippen molar-refractivity contribution in [1.29, 1.82) is 0 Å². The summed E-state index contributed by atoms with van der Waals surface area (Å²) < 4.78 is 10.7. The summed E-state index contributed by atoms with van der Waals surface area (Å²) in [6.07, 6.45) is 1.71. The molecule has 2 aromatic carbocycles. The maximum atomic E-state index is 12.7. The molecule has 0 saturated heterocycles. The molecule has 0 fully saturated rings. The molecule has 0 atom stereocenters. The first-order valence-corrected chi connectivity index (χ1v) is 9.23. The number of amides is 1. The number of likely N-dealkylation sites (N-methyl/N-ethyl adjacent to an activating group) is 1. The lowest BCUT2D eigenvalue weighted by Gasteiger charge is -2.29. The van der Waals surface area contributed by atoms with Crippen LogP contribution in [0.5, 0.6) is 11.9 Å². The molecule has 6 nitrogen and oxygen atoms in total. The molecule has 4 rings (SSSR count). The van der Waals surface area contributed by atoms with Gasteiger partial charge in [0.05, 0.1) is 19.8 Å². The Bertz CT molecular complexity index is 1090. The Kier molecular flexibility index (Phi) is 4.99. The average Bonchev–Trinajstić information content (AvgIpc) is 2.78. The van der Waals surface area contributed by atoms with Crippen LogP contribution in [0, 0.1) is 0 Å². The predicted octanol–water partition coefficient (Wildman–Crippen LogP) is 3.54. The largest absolute Gasteiger partial charge is 0.480 e. The molecule has 29 heavy (non-hydrogen) atoms. The highest BCUT2D eigenvalue weighted by molar-refractivity contribution is 6.09. The van der Waals surface area contributed by atoms with E-state index < -0.39 is 0 Å². The maximum absolute atomic E-state index is 12.7. The van der Waals surface area contributed by atoms with Gasteiger partial charge in [-0.25, -0.2) is 4.98 Å². The van der Waals surface area contributed by atoms with Gasteiger partial charge >= 0.3 is 6.01 Å². The minimum absolute atomic E-state index is 0.00899. The van der Waals surface area contributed by atoms with E-state index in [1.54, 1.807) is 18.2 Å². The number of rotatable bonds is 4. The fraction of sp³-hybridized carbons (Fsp3) is 0.174. The molecule has 0 radical (unpaired) electrons. The lowest BCUT2D eigenvalue weighted by molar-refractivity contribution is 0.0805. The summed E-state index contributed by atoms with van der Waals surface area (Å²) in [7, 11) is 4.90. The van der Waals surface area contributed by atoms with Gasteiger partial charge in [0.25, 0.3) is 5.91 Å². The number of benzene rings is 2. The van der Waals surface area contributed by atoms with Crippen molar-refractivity contribution in [3.63, 3.8) is 0 Å². The fourth-order valence-electron chi connectivity index (χ4n) is 3.62. The highest BCUT2D eigenvalue weighted by atomic mass is 16.5. The van der Waals surface area contributed by atoms with Crippen LogP contribution in [0.3, 0.4) is 0 Å². The van der Waals surface area contributed by atoms with Crippen LogP contribution in [0.15, 0.2) is 60.8 Å². The molecule has 0 N–H and O–H groups in total. The zero-order chi connectivity index (χ0) is 20.4. The molecule has 1 aliphatic heterocycles. The van der Waals surface area contributed by atoms with E-state index in [-0.39, 0.29) is 11.9 Å². The third-order valence-electron chi connectivity index (χ3n) is 4.97. The number of hydrogen-bond donors (Lipinski definition) is 0. The molecule has 1 amide bonds. The minimum atomic E-state index is 0.00899. The second-order valence-electron chi connectivity index (χ2n) is 6.71. The Morgan fingerprint density at radius 3 is 2.34 bits per heavy atom. The van der Waals surface area contributed by atoms with Gasteiger partial charge in [-0.2, -0.15) is 4.98 Å². The number of carbonyl (C=O) groups is 1. The van der Waals surface area contributed by atoms with Gasteiger partial charge in [-0.1, -0.05) is 48.5 Å². The Hall–Kier alpha value is -3.67. The van der Waals surface area contributed by atoms with Crippen LogP contribution < -0.4 is 9.47 Å². The summed E-state index contributed by atoms with van der Waals surface area (Å²) >= 11 is 0. The lowest BCUT2D eigenvalue weighted by atomic mass is 9.86. The Morgan fingerprint density at radius 1 is 0.966 bits per heavy atom. The van der Waals surface area contributed by atoms with Crippen molar-refractivity contribution >= 4 is 17.1 Å². The molecule has 1 aliphatic rings.